The van der Waals surface area contributed by atoms with E-state index in [1.807, 2.05) is 12.1 Å². The van der Waals surface area contributed by atoms with E-state index >= 15 is 0 Å². The predicted octanol–water partition coefficient (Wildman–Crippen LogP) is 2.39. The molecule has 0 radical (unpaired) electrons. The number of pyridine rings is 2. The molecular weight excluding hydrogens is 276 g/mol. The zero-order valence-corrected chi connectivity index (χ0v) is 12.3. The Bertz CT molecular complexity index is 657. The SMILES string of the molecule is N#Cc1ccc(COc2cccc(C3CCNCC3)n2)nc1. The van der Waals surface area contributed by atoms with E-state index in [1.165, 1.54) is 0 Å². The molecule has 1 saturated heterocycles. The zero-order valence-electron chi connectivity index (χ0n) is 12.3. The van der Waals surface area contributed by atoms with Gasteiger partial charge in [-0.3, -0.25) is 4.98 Å². The van der Waals surface area contributed by atoms with E-state index in [2.05, 4.69) is 27.4 Å². The highest BCUT2D eigenvalue weighted by Gasteiger charge is 2.16. The summed E-state index contributed by atoms with van der Waals surface area (Å²) in [5, 5.41) is 12.1. The summed E-state index contributed by atoms with van der Waals surface area (Å²) in [4.78, 5) is 8.81. The van der Waals surface area contributed by atoms with Gasteiger partial charge in [0.1, 0.15) is 12.7 Å². The van der Waals surface area contributed by atoms with E-state index in [1.54, 1.807) is 18.3 Å². The molecule has 0 atom stereocenters. The lowest BCUT2D eigenvalue weighted by atomic mass is 9.94. The molecule has 2 aromatic rings. The quantitative estimate of drug-likeness (QED) is 0.937. The fraction of sp³-hybridized carbons (Fsp3) is 0.353. The number of hydrogen-bond acceptors (Lipinski definition) is 5. The number of rotatable bonds is 4. The van der Waals surface area contributed by atoms with Gasteiger partial charge < -0.3 is 10.1 Å². The number of nitriles is 1. The molecule has 0 bridgehead atoms. The van der Waals surface area contributed by atoms with Gasteiger partial charge in [-0.2, -0.15) is 5.26 Å². The van der Waals surface area contributed by atoms with Crippen molar-refractivity contribution in [3.05, 3.63) is 53.5 Å². The average Bonchev–Trinajstić information content (AvgIpc) is 2.61. The standard InChI is InChI=1S/C17H18N4O/c18-10-13-4-5-15(20-11-13)12-22-17-3-1-2-16(21-17)14-6-8-19-9-7-14/h1-5,11,14,19H,6-9,12H2. The van der Waals surface area contributed by atoms with Gasteiger partial charge in [0, 0.05) is 23.9 Å². The number of ether oxygens (including phenoxy) is 1. The molecular formula is C17H18N4O. The second kappa shape index (κ2) is 7.01. The van der Waals surface area contributed by atoms with Gasteiger partial charge >= 0.3 is 0 Å². The van der Waals surface area contributed by atoms with Crippen LogP contribution in [-0.4, -0.2) is 23.1 Å². The van der Waals surface area contributed by atoms with Crippen molar-refractivity contribution in [2.75, 3.05) is 13.1 Å². The van der Waals surface area contributed by atoms with Crippen LogP contribution in [0.5, 0.6) is 5.88 Å². The van der Waals surface area contributed by atoms with E-state index in [0.29, 0.717) is 24.0 Å². The molecule has 3 rings (SSSR count). The van der Waals surface area contributed by atoms with Gasteiger partial charge in [-0.25, -0.2) is 4.98 Å². The first-order valence-electron chi connectivity index (χ1n) is 7.50. The highest BCUT2D eigenvalue weighted by Crippen LogP contribution is 2.25. The first-order valence-corrected chi connectivity index (χ1v) is 7.50. The van der Waals surface area contributed by atoms with Gasteiger partial charge in [-0.1, -0.05) is 6.07 Å². The van der Waals surface area contributed by atoms with Crippen LogP contribution in [0, 0.1) is 11.3 Å². The number of piperidine rings is 1. The molecule has 5 heteroatoms. The molecule has 1 aliphatic rings. The summed E-state index contributed by atoms with van der Waals surface area (Å²) >= 11 is 0. The van der Waals surface area contributed by atoms with Gasteiger partial charge in [0.05, 0.1) is 11.3 Å². The second-order valence-electron chi connectivity index (χ2n) is 5.36. The van der Waals surface area contributed by atoms with E-state index in [-0.39, 0.29) is 0 Å². The highest BCUT2D eigenvalue weighted by molar-refractivity contribution is 5.26. The lowest BCUT2D eigenvalue weighted by Gasteiger charge is -2.22. The summed E-state index contributed by atoms with van der Waals surface area (Å²) in [5.74, 6) is 1.14. The Balaban J connectivity index is 1.63. The fourth-order valence-electron chi connectivity index (χ4n) is 2.58. The molecule has 0 aliphatic carbocycles. The van der Waals surface area contributed by atoms with Gasteiger partial charge in [0.2, 0.25) is 5.88 Å². The molecule has 0 amide bonds. The molecule has 112 valence electrons. The molecule has 0 spiro atoms. The largest absolute Gasteiger partial charge is 0.471 e. The Morgan fingerprint density at radius 1 is 1.23 bits per heavy atom. The third-order valence-electron chi connectivity index (χ3n) is 3.82. The molecule has 3 heterocycles. The van der Waals surface area contributed by atoms with Crippen LogP contribution in [0.15, 0.2) is 36.5 Å². The third kappa shape index (κ3) is 3.60. The minimum atomic E-state index is 0.356. The second-order valence-corrected chi connectivity index (χ2v) is 5.36. The Kier molecular flexibility index (Phi) is 4.62. The number of nitrogens with one attached hydrogen (secondary N) is 1. The van der Waals surface area contributed by atoms with E-state index in [9.17, 15) is 0 Å². The van der Waals surface area contributed by atoms with Crippen molar-refractivity contribution >= 4 is 0 Å². The van der Waals surface area contributed by atoms with Crippen LogP contribution in [0.3, 0.4) is 0 Å². The Hall–Kier alpha value is -2.45. The molecule has 2 aromatic heterocycles. The number of hydrogen-bond donors (Lipinski definition) is 1. The Labute approximate surface area is 130 Å². The number of aromatic nitrogens is 2. The molecule has 0 aromatic carbocycles. The molecule has 0 unspecified atom stereocenters. The van der Waals surface area contributed by atoms with Crippen LogP contribution < -0.4 is 10.1 Å². The Morgan fingerprint density at radius 2 is 2.09 bits per heavy atom. The summed E-state index contributed by atoms with van der Waals surface area (Å²) in [7, 11) is 0. The van der Waals surface area contributed by atoms with Crippen LogP contribution in [-0.2, 0) is 6.61 Å². The van der Waals surface area contributed by atoms with Gasteiger partial charge in [-0.15, -0.1) is 0 Å². The predicted molar refractivity (Wildman–Crippen MR) is 82.4 cm³/mol. The highest BCUT2D eigenvalue weighted by atomic mass is 16.5. The molecule has 0 saturated carbocycles. The maximum absolute atomic E-state index is 8.76. The van der Waals surface area contributed by atoms with Crippen LogP contribution in [0.4, 0.5) is 0 Å². The van der Waals surface area contributed by atoms with E-state index < -0.39 is 0 Å². The van der Waals surface area contributed by atoms with Crippen LogP contribution >= 0.6 is 0 Å². The van der Waals surface area contributed by atoms with Crippen molar-refractivity contribution in [3.63, 3.8) is 0 Å². The normalized spacial score (nSPS) is 15.2. The Morgan fingerprint density at radius 3 is 2.82 bits per heavy atom. The minimum Gasteiger partial charge on any atom is -0.471 e. The lowest BCUT2D eigenvalue weighted by Crippen LogP contribution is -2.27. The van der Waals surface area contributed by atoms with Crippen molar-refractivity contribution in [1.29, 1.82) is 5.26 Å². The smallest absolute Gasteiger partial charge is 0.213 e. The van der Waals surface area contributed by atoms with Crippen molar-refractivity contribution in [3.8, 4) is 11.9 Å². The number of nitrogens with zero attached hydrogens (tertiary/aromatic N) is 3. The summed E-state index contributed by atoms with van der Waals surface area (Å²) < 4.78 is 5.72. The molecule has 1 aliphatic heterocycles. The van der Waals surface area contributed by atoms with Crippen molar-refractivity contribution in [2.45, 2.75) is 25.4 Å². The minimum absolute atomic E-state index is 0.356. The van der Waals surface area contributed by atoms with Crippen LogP contribution in [0.1, 0.15) is 35.7 Å². The summed E-state index contributed by atoms with van der Waals surface area (Å²) in [6.07, 6.45) is 3.79. The van der Waals surface area contributed by atoms with Crippen molar-refractivity contribution in [1.82, 2.24) is 15.3 Å². The maximum atomic E-state index is 8.76. The first kappa shape index (κ1) is 14.5. The molecule has 5 nitrogen and oxygen atoms in total. The van der Waals surface area contributed by atoms with Gasteiger partial charge in [-0.05, 0) is 44.1 Å². The average molecular weight is 294 g/mol. The van der Waals surface area contributed by atoms with Crippen LogP contribution in [0.25, 0.3) is 0 Å². The maximum Gasteiger partial charge on any atom is 0.213 e. The first-order chi connectivity index (χ1) is 10.8. The third-order valence-corrected chi connectivity index (χ3v) is 3.82. The summed E-state index contributed by atoms with van der Waals surface area (Å²) in [6, 6.07) is 11.5. The topological polar surface area (TPSA) is 70.8 Å². The van der Waals surface area contributed by atoms with Crippen molar-refractivity contribution < 1.29 is 4.74 Å². The summed E-state index contributed by atoms with van der Waals surface area (Å²) in [5.41, 5.74) is 2.44. The molecule has 22 heavy (non-hydrogen) atoms. The van der Waals surface area contributed by atoms with E-state index in [0.717, 1.165) is 37.3 Å². The van der Waals surface area contributed by atoms with Gasteiger partial charge in [0.25, 0.3) is 0 Å². The van der Waals surface area contributed by atoms with Crippen LogP contribution in [0.2, 0.25) is 0 Å². The lowest BCUT2D eigenvalue weighted by molar-refractivity contribution is 0.287. The van der Waals surface area contributed by atoms with Gasteiger partial charge in [0.15, 0.2) is 0 Å². The fourth-order valence-corrected chi connectivity index (χ4v) is 2.58. The zero-order chi connectivity index (χ0) is 15.2. The molecule has 1 fully saturated rings. The summed E-state index contributed by atoms with van der Waals surface area (Å²) in [6.45, 7) is 2.45. The molecule has 1 N–H and O–H groups in total. The van der Waals surface area contributed by atoms with Crippen molar-refractivity contribution in [2.24, 2.45) is 0 Å². The van der Waals surface area contributed by atoms with E-state index in [4.69, 9.17) is 10.00 Å². The monoisotopic (exact) mass is 294 g/mol.